The van der Waals surface area contributed by atoms with Crippen molar-refractivity contribution in [3.05, 3.63) is 0 Å². The van der Waals surface area contributed by atoms with Crippen LogP contribution in [0.2, 0.25) is 0 Å². The molecule has 0 spiro atoms. The zero-order valence-corrected chi connectivity index (χ0v) is 3.32. The van der Waals surface area contributed by atoms with Gasteiger partial charge in [-0.05, 0) is 6.37 Å². The fraction of sp³-hybridized carbons (Fsp3) is 1.00. The lowest BCUT2D eigenvalue weighted by atomic mass is 10.3. The molecule has 0 amide bonds. The quantitative estimate of drug-likeness (QED) is 0.421. The molecular formula is C5H6O2. The van der Waals surface area contributed by atoms with E-state index >= 15 is 0 Å². The van der Waals surface area contributed by atoms with Crippen LogP contribution in [-0.2, 0) is 9.47 Å². The molecule has 0 aromatic heterocycles. The van der Waals surface area contributed by atoms with Crippen molar-refractivity contribution < 1.29 is 17.7 Å². The van der Waals surface area contributed by atoms with E-state index < -0.39 is 30.7 Å². The molecule has 2 aliphatic heterocycles. The van der Waals surface area contributed by atoms with E-state index in [2.05, 4.69) is 0 Å². The molecule has 0 aromatic rings. The first kappa shape index (κ1) is 1.09. The van der Waals surface area contributed by atoms with Crippen molar-refractivity contribution in [1.82, 2.24) is 0 Å². The zero-order valence-electron chi connectivity index (χ0n) is 9.32. The first-order valence-electron chi connectivity index (χ1n) is 5.07. The maximum atomic E-state index is 7.43. The van der Waals surface area contributed by atoms with Gasteiger partial charge in [-0.15, -0.1) is 0 Å². The lowest BCUT2D eigenvalue weighted by Gasteiger charge is -2.04. The second-order valence-corrected chi connectivity index (χ2v) is 1.81. The minimum absolute atomic E-state index is 1.65. The zero-order chi connectivity index (χ0) is 9.91. The van der Waals surface area contributed by atoms with Gasteiger partial charge in [0.2, 0.25) is 11.6 Å². The van der Waals surface area contributed by atoms with Gasteiger partial charge in [-0.3, -0.25) is 0 Å². The van der Waals surface area contributed by atoms with Crippen molar-refractivity contribution >= 4 is 0 Å². The molecule has 0 atom stereocenters. The highest BCUT2D eigenvalue weighted by atomic mass is 17.0. The first-order chi connectivity index (χ1) is 5.66. The highest BCUT2D eigenvalue weighted by Crippen LogP contribution is 2.76. The van der Waals surface area contributed by atoms with E-state index in [-0.39, 0.29) is 0 Å². The number of hydrogen-bond donors (Lipinski definition) is 0. The second-order valence-electron chi connectivity index (χ2n) is 1.81. The molecule has 3 fully saturated rings. The molecule has 0 radical (unpaired) electrons. The Morgan fingerprint density at radius 2 is 1.86 bits per heavy atom. The highest BCUT2D eigenvalue weighted by molar-refractivity contribution is 5.21. The summed E-state index contributed by atoms with van der Waals surface area (Å²) in [6.07, 6.45) is -7.43. The van der Waals surface area contributed by atoms with Gasteiger partial charge in [0.25, 0.3) is 0 Å². The van der Waals surface area contributed by atoms with Gasteiger partial charge in [-0.2, -0.15) is 0 Å². The van der Waals surface area contributed by atoms with Crippen molar-refractivity contribution in [3.8, 4) is 0 Å². The Labute approximate surface area is 49.8 Å². The molecule has 2 nitrogen and oxygen atoms in total. The number of ether oxygens (including phenoxy) is 2. The molecule has 2 saturated heterocycles. The van der Waals surface area contributed by atoms with Crippen molar-refractivity contribution in [1.29, 1.82) is 0 Å². The molecule has 3 aliphatic rings. The summed E-state index contributed by atoms with van der Waals surface area (Å²) in [7, 11) is 0. The average Bonchev–Trinajstić information content (AvgIpc) is 2.64. The third kappa shape index (κ3) is 0.146. The minimum atomic E-state index is -2.57. The largest absolute Gasteiger partial charge is 0.307 e. The predicted octanol–water partition coefficient (Wildman–Crippen LogP) is 0.623. The van der Waals surface area contributed by atoms with Crippen LogP contribution in [0.3, 0.4) is 0 Å². The molecule has 1 aliphatic carbocycles. The highest BCUT2D eigenvalue weighted by Gasteiger charge is 2.92. The summed E-state index contributed by atoms with van der Waals surface area (Å²) in [5, 5.41) is 0. The number of rotatable bonds is 0. The van der Waals surface area contributed by atoms with E-state index in [0.717, 1.165) is 0 Å². The van der Waals surface area contributed by atoms with Crippen LogP contribution < -0.4 is 0 Å². The van der Waals surface area contributed by atoms with Crippen LogP contribution in [0.15, 0.2) is 0 Å². The third-order valence-corrected chi connectivity index (χ3v) is 1.38. The molecule has 7 heavy (non-hydrogen) atoms. The van der Waals surface area contributed by atoms with Gasteiger partial charge in [-0.1, -0.05) is 0 Å². The lowest BCUT2D eigenvalue weighted by Crippen LogP contribution is -2.03. The van der Waals surface area contributed by atoms with Gasteiger partial charge >= 0.3 is 0 Å². The maximum absolute atomic E-state index is 7.43. The summed E-state index contributed by atoms with van der Waals surface area (Å²) in [5.41, 5.74) is 0. The van der Waals surface area contributed by atoms with Gasteiger partial charge in [0, 0.05) is 21.0 Å². The average molecular weight is 104 g/mol. The van der Waals surface area contributed by atoms with Crippen molar-refractivity contribution in [2.24, 2.45) is 0 Å². The molecule has 0 bridgehead atoms. The van der Waals surface area contributed by atoms with Crippen LogP contribution in [0.4, 0.5) is 0 Å². The summed E-state index contributed by atoms with van der Waals surface area (Å²) < 4.78 is 54.0. The summed E-state index contributed by atoms with van der Waals surface area (Å²) in [5.74, 6) is -3.29. The van der Waals surface area contributed by atoms with Gasteiger partial charge in [-0.25, -0.2) is 0 Å². The van der Waals surface area contributed by atoms with Crippen molar-refractivity contribution in [2.45, 2.75) is 30.7 Å². The molecule has 3 rings (SSSR count). The van der Waals surface area contributed by atoms with Crippen LogP contribution in [0.5, 0.6) is 0 Å². The van der Waals surface area contributed by atoms with E-state index in [9.17, 15) is 0 Å². The Kier molecular flexibility index (Phi) is 0.0779. The Morgan fingerprint density at radius 3 is 2.14 bits per heavy atom. The Hall–Kier alpha value is -0.0800. The molecule has 0 N–H and O–H groups in total. The predicted molar refractivity (Wildman–Crippen MR) is 21.5 cm³/mol. The molecular weight excluding hydrogens is 92.1 g/mol. The van der Waals surface area contributed by atoms with E-state index in [0.29, 0.717) is 0 Å². The standard InChI is InChI=1S/C5H6O2/c1-2-4-5(3-1,6-4)7-4/h1-3H2/i1D2,2D2,3D2. The number of epoxide rings is 2. The van der Waals surface area contributed by atoms with Gasteiger partial charge in [0.1, 0.15) is 0 Å². The number of hydrogen-bond acceptors (Lipinski definition) is 2. The second kappa shape index (κ2) is 0.501. The molecule has 2 heterocycles. The van der Waals surface area contributed by atoms with Crippen LogP contribution in [0.1, 0.15) is 27.3 Å². The molecule has 38 valence electrons. The molecule has 1 saturated carbocycles. The summed E-state index contributed by atoms with van der Waals surface area (Å²) in [6, 6.07) is 0. The lowest BCUT2D eigenvalue weighted by molar-refractivity contribution is -0.120. The summed E-state index contributed by atoms with van der Waals surface area (Å²) in [6.45, 7) is 0. The Bertz CT molecular complexity index is 278. The SMILES string of the molecule is [2H]C1([2H])C([2H])([2H])C23OC2(O3)C1([2H])[2H]. The van der Waals surface area contributed by atoms with E-state index in [4.69, 9.17) is 17.7 Å². The summed E-state index contributed by atoms with van der Waals surface area (Å²) >= 11 is 0. The van der Waals surface area contributed by atoms with Crippen molar-refractivity contribution in [3.63, 3.8) is 0 Å². The third-order valence-electron chi connectivity index (χ3n) is 1.38. The van der Waals surface area contributed by atoms with Gasteiger partial charge in [0.15, 0.2) is 0 Å². The first-order valence-corrected chi connectivity index (χ1v) is 2.07. The Balaban J connectivity index is 2.21. The smallest absolute Gasteiger partial charge is 0.229 e. The van der Waals surface area contributed by atoms with Gasteiger partial charge in [0.05, 0.1) is 0 Å². The monoisotopic (exact) mass is 104 g/mol. The van der Waals surface area contributed by atoms with Crippen LogP contribution >= 0.6 is 0 Å². The normalized spacial score (nSPS) is 106. The van der Waals surface area contributed by atoms with Crippen LogP contribution in [0.25, 0.3) is 0 Å². The Morgan fingerprint density at radius 1 is 1.29 bits per heavy atom. The fourth-order valence-electron chi connectivity index (χ4n) is 0.824. The topological polar surface area (TPSA) is 25.1 Å². The minimum Gasteiger partial charge on any atom is -0.307 e. The van der Waals surface area contributed by atoms with E-state index in [1.807, 2.05) is 0 Å². The molecule has 0 aromatic carbocycles. The van der Waals surface area contributed by atoms with Crippen LogP contribution in [-0.4, -0.2) is 11.6 Å². The summed E-state index contributed by atoms with van der Waals surface area (Å²) in [4.78, 5) is 0. The van der Waals surface area contributed by atoms with E-state index in [1.54, 1.807) is 0 Å². The van der Waals surface area contributed by atoms with Gasteiger partial charge < -0.3 is 9.47 Å². The maximum Gasteiger partial charge on any atom is 0.229 e. The van der Waals surface area contributed by atoms with Crippen molar-refractivity contribution in [2.75, 3.05) is 0 Å². The molecule has 2 heteroatoms. The fourth-order valence-corrected chi connectivity index (χ4v) is 0.824. The van der Waals surface area contributed by atoms with Crippen LogP contribution in [0, 0.1) is 0 Å². The molecule has 0 unspecified atom stereocenters. The van der Waals surface area contributed by atoms with E-state index in [1.165, 1.54) is 0 Å².